The van der Waals surface area contributed by atoms with E-state index in [0.717, 1.165) is 10.5 Å². The number of aliphatic carboxylic acids is 1. The zero-order valence-corrected chi connectivity index (χ0v) is 13.6. The van der Waals surface area contributed by atoms with Crippen LogP contribution in [0.25, 0.3) is 6.08 Å². The van der Waals surface area contributed by atoms with E-state index in [2.05, 4.69) is 15.9 Å². The van der Waals surface area contributed by atoms with Gasteiger partial charge in [0.2, 0.25) is 0 Å². The lowest BCUT2D eigenvalue weighted by molar-refractivity contribution is -0.131. The zero-order chi connectivity index (χ0) is 15.4. The van der Waals surface area contributed by atoms with Gasteiger partial charge in [-0.15, -0.1) is 0 Å². The van der Waals surface area contributed by atoms with E-state index < -0.39 is 5.97 Å². The van der Waals surface area contributed by atoms with Crippen molar-refractivity contribution in [1.29, 1.82) is 0 Å². The van der Waals surface area contributed by atoms with Gasteiger partial charge in [0, 0.05) is 10.5 Å². The molecule has 2 aromatic carbocycles. The Morgan fingerprint density at radius 1 is 1.14 bits per heavy atom. The standard InChI is InChI=1S/C15H9BrCl2O3/c16-10-3-5-12(17)14(7-10)21-11-4-1-9(13(18)8-11)2-6-15(19)20/h1-8H,(H,19,20)/b6-2+. The number of hydrogen-bond donors (Lipinski definition) is 1. The first kappa shape index (κ1) is 15.9. The number of ether oxygens (including phenoxy) is 1. The van der Waals surface area contributed by atoms with Gasteiger partial charge in [-0.3, -0.25) is 0 Å². The molecule has 0 saturated carbocycles. The van der Waals surface area contributed by atoms with Crippen LogP contribution in [0.1, 0.15) is 5.56 Å². The highest BCUT2D eigenvalue weighted by molar-refractivity contribution is 9.10. The van der Waals surface area contributed by atoms with Gasteiger partial charge < -0.3 is 9.84 Å². The van der Waals surface area contributed by atoms with Crippen LogP contribution < -0.4 is 4.74 Å². The van der Waals surface area contributed by atoms with Gasteiger partial charge in [0.05, 0.1) is 10.0 Å². The van der Waals surface area contributed by atoms with Crippen molar-refractivity contribution in [3.05, 3.63) is 62.6 Å². The van der Waals surface area contributed by atoms with Crippen LogP contribution in [0.2, 0.25) is 10.0 Å². The molecule has 0 heterocycles. The Bertz CT molecular complexity index is 714. The van der Waals surface area contributed by atoms with Gasteiger partial charge in [-0.25, -0.2) is 4.79 Å². The summed E-state index contributed by atoms with van der Waals surface area (Å²) in [5, 5.41) is 9.46. The Kier molecular flexibility index (Phi) is 5.28. The lowest BCUT2D eigenvalue weighted by atomic mass is 10.2. The van der Waals surface area contributed by atoms with Crippen molar-refractivity contribution in [3.63, 3.8) is 0 Å². The number of rotatable bonds is 4. The molecule has 0 aliphatic rings. The van der Waals surface area contributed by atoms with Crippen molar-refractivity contribution < 1.29 is 14.6 Å². The van der Waals surface area contributed by atoms with Gasteiger partial charge in [-0.1, -0.05) is 39.1 Å². The van der Waals surface area contributed by atoms with E-state index in [1.807, 2.05) is 6.07 Å². The summed E-state index contributed by atoms with van der Waals surface area (Å²) in [5.41, 5.74) is 0.590. The fraction of sp³-hybridized carbons (Fsp3) is 0. The molecular weight excluding hydrogens is 379 g/mol. The second-order valence-electron chi connectivity index (χ2n) is 4.03. The lowest BCUT2D eigenvalue weighted by Gasteiger charge is -2.09. The van der Waals surface area contributed by atoms with Gasteiger partial charge in [-0.05, 0) is 48.0 Å². The molecule has 0 saturated heterocycles. The molecule has 0 amide bonds. The molecule has 0 spiro atoms. The van der Waals surface area contributed by atoms with E-state index >= 15 is 0 Å². The van der Waals surface area contributed by atoms with Crippen LogP contribution in [0, 0.1) is 0 Å². The van der Waals surface area contributed by atoms with Gasteiger partial charge >= 0.3 is 5.97 Å². The average Bonchev–Trinajstić information content (AvgIpc) is 2.42. The Hall–Kier alpha value is -1.49. The van der Waals surface area contributed by atoms with Crippen molar-refractivity contribution in [2.24, 2.45) is 0 Å². The van der Waals surface area contributed by atoms with Crippen LogP contribution >= 0.6 is 39.1 Å². The predicted molar refractivity (Wildman–Crippen MR) is 87.3 cm³/mol. The van der Waals surface area contributed by atoms with E-state index in [0.29, 0.717) is 27.1 Å². The van der Waals surface area contributed by atoms with Gasteiger partial charge in [0.1, 0.15) is 11.5 Å². The predicted octanol–water partition coefficient (Wildman–Crippen LogP) is 5.65. The molecule has 2 aromatic rings. The quantitative estimate of drug-likeness (QED) is 0.690. The summed E-state index contributed by atoms with van der Waals surface area (Å²) >= 11 is 15.5. The van der Waals surface area contributed by atoms with Crippen molar-refractivity contribution in [3.8, 4) is 11.5 Å². The fourth-order valence-corrected chi connectivity index (χ4v) is 2.28. The Balaban J connectivity index is 2.24. The first-order valence-electron chi connectivity index (χ1n) is 5.79. The van der Waals surface area contributed by atoms with Crippen LogP contribution in [-0.4, -0.2) is 11.1 Å². The van der Waals surface area contributed by atoms with Crippen LogP contribution in [0.5, 0.6) is 11.5 Å². The number of benzene rings is 2. The van der Waals surface area contributed by atoms with E-state index in [1.165, 1.54) is 6.08 Å². The number of hydrogen-bond acceptors (Lipinski definition) is 2. The minimum absolute atomic E-state index is 0.385. The molecule has 0 aromatic heterocycles. The Morgan fingerprint density at radius 2 is 1.90 bits per heavy atom. The number of carboxylic acids is 1. The molecule has 108 valence electrons. The second kappa shape index (κ2) is 6.98. The molecule has 3 nitrogen and oxygen atoms in total. The average molecular weight is 388 g/mol. The Labute approximate surface area is 139 Å². The SMILES string of the molecule is O=C(O)/C=C/c1ccc(Oc2cc(Br)ccc2Cl)cc1Cl. The molecule has 0 aliphatic heterocycles. The van der Waals surface area contributed by atoms with Crippen LogP contribution in [0.4, 0.5) is 0 Å². The summed E-state index contributed by atoms with van der Waals surface area (Å²) in [7, 11) is 0. The summed E-state index contributed by atoms with van der Waals surface area (Å²) < 4.78 is 6.51. The van der Waals surface area contributed by atoms with Crippen molar-refractivity contribution >= 4 is 51.2 Å². The molecule has 0 fully saturated rings. The zero-order valence-electron chi connectivity index (χ0n) is 10.5. The van der Waals surface area contributed by atoms with E-state index in [1.54, 1.807) is 30.3 Å². The van der Waals surface area contributed by atoms with E-state index in [4.69, 9.17) is 33.0 Å². The third-order valence-corrected chi connectivity index (χ3v) is 3.63. The summed E-state index contributed by atoms with van der Waals surface area (Å²) in [4.78, 5) is 10.5. The molecule has 0 unspecified atom stereocenters. The minimum Gasteiger partial charge on any atom is -0.478 e. The number of halogens is 3. The summed E-state index contributed by atoms with van der Waals surface area (Å²) in [5.74, 6) is -0.0317. The van der Waals surface area contributed by atoms with Crippen molar-refractivity contribution in [2.75, 3.05) is 0 Å². The summed E-state index contributed by atoms with van der Waals surface area (Å²) in [6.45, 7) is 0. The van der Waals surface area contributed by atoms with E-state index in [-0.39, 0.29) is 0 Å². The molecule has 0 aliphatic carbocycles. The maximum Gasteiger partial charge on any atom is 0.328 e. The maximum absolute atomic E-state index is 10.5. The maximum atomic E-state index is 10.5. The molecule has 1 N–H and O–H groups in total. The lowest BCUT2D eigenvalue weighted by Crippen LogP contribution is -1.88. The van der Waals surface area contributed by atoms with Crippen molar-refractivity contribution in [1.82, 2.24) is 0 Å². The van der Waals surface area contributed by atoms with Crippen molar-refractivity contribution in [2.45, 2.75) is 0 Å². The number of carbonyl (C=O) groups is 1. The highest BCUT2D eigenvalue weighted by Crippen LogP contribution is 2.33. The smallest absolute Gasteiger partial charge is 0.328 e. The molecular formula is C15H9BrCl2O3. The van der Waals surface area contributed by atoms with Gasteiger partial charge in [-0.2, -0.15) is 0 Å². The minimum atomic E-state index is -1.03. The van der Waals surface area contributed by atoms with Gasteiger partial charge in [0.25, 0.3) is 0 Å². The first-order valence-corrected chi connectivity index (χ1v) is 7.34. The first-order chi connectivity index (χ1) is 9.95. The van der Waals surface area contributed by atoms with Crippen LogP contribution in [0.15, 0.2) is 46.9 Å². The van der Waals surface area contributed by atoms with Gasteiger partial charge in [0.15, 0.2) is 0 Å². The Morgan fingerprint density at radius 3 is 2.57 bits per heavy atom. The largest absolute Gasteiger partial charge is 0.478 e. The topological polar surface area (TPSA) is 46.5 Å². The molecule has 0 bridgehead atoms. The monoisotopic (exact) mass is 386 g/mol. The molecule has 2 rings (SSSR count). The number of carboxylic acid groups (broad SMARTS) is 1. The fourth-order valence-electron chi connectivity index (χ4n) is 1.55. The molecule has 21 heavy (non-hydrogen) atoms. The molecule has 0 atom stereocenters. The third-order valence-electron chi connectivity index (χ3n) is 2.50. The second-order valence-corrected chi connectivity index (χ2v) is 5.76. The normalized spacial score (nSPS) is 10.8. The highest BCUT2D eigenvalue weighted by Gasteiger charge is 2.06. The third kappa shape index (κ3) is 4.49. The molecule has 6 heteroatoms. The van der Waals surface area contributed by atoms with Crippen LogP contribution in [-0.2, 0) is 4.79 Å². The summed E-state index contributed by atoms with van der Waals surface area (Å²) in [6, 6.07) is 10.2. The highest BCUT2D eigenvalue weighted by atomic mass is 79.9. The molecule has 0 radical (unpaired) electrons. The van der Waals surface area contributed by atoms with E-state index in [9.17, 15) is 4.79 Å². The summed E-state index contributed by atoms with van der Waals surface area (Å²) in [6.07, 6.45) is 2.44. The van der Waals surface area contributed by atoms with Crippen LogP contribution in [0.3, 0.4) is 0 Å².